The zero-order valence-electron chi connectivity index (χ0n) is 24.2. The third kappa shape index (κ3) is 5.76. The highest BCUT2D eigenvalue weighted by molar-refractivity contribution is 7.17. The van der Waals surface area contributed by atoms with Crippen LogP contribution in [0.5, 0.6) is 23.0 Å². The van der Waals surface area contributed by atoms with Crippen molar-refractivity contribution in [2.24, 2.45) is 0 Å². The molecule has 0 unspecified atom stereocenters. The van der Waals surface area contributed by atoms with Crippen LogP contribution in [0.15, 0.2) is 67.3 Å². The van der Waals surface area contributed by atoms with Gasteiger partial charge in [-0.1, -0.05) is 42.7 Å². The number of hydrogen-bond acceptors (Lipinski definition) is 11. The number of hydrogen-bond donors (Lipinski definition) is 1. The number of thiazole rings is 1. The lowest BCUT2D eigenvalue weighted by atomic mass is 9.95. The number of aliphatic hydroxyl groups excluding tert-OH is 1. The van der Waals surface area contributed by atoms with E-state index in [0.717, 1.165) is 11.3 Å². The Hall–Kier alpha value is -5.10. The molecule has 0 spiro atoms. The van der Waals surface area contributed by atoms with Gasteiger partial charge in [-0.3, -0.25) is 14.5 Å². The third-order valence-corrected chi connectivity index (χ3v) is 7.85. The van der Waals surface area contributed by atoms with Crippen LogP contribution in [-0.4, -0.2) is 60.8 Å². The molecule has 1 aromatic heterocycles. The normalized spacial score (nSPS) is 16.9. The second-order valence-electron chi connectivity index (χ2n) is 9.56. The highest BCUT2D eigenvalue weighted by atomic mass is 32.1. The van der Waals surface area contributed by atoms with Gasteiger partial charge in [-0.15, -0.1) is 0 Å². The number of Topliss-reactive ketones (excluding diaryl/α,β-unsaturated/α-hetero) is 1. The monoisotopic (exact) mass is 618 g/mol. The van der Waals surface area contributed by atoms with E-state index in [1.807, 2.05) is 6.92 Å². The van der Waals surface area contributed by atoms with Crippen LogP contribution in [-0.2, 0) is 14.3 Å². The summed E-state index contributed by atoms with van der Waals surface area (Å²) in [6.45, 7) is 11.9. The summed E-state index contributed by atoms with van der Waals surface area (Å²) >= 11 is 0.902. The number of amides is 1. The molecule has 1 saturated heterocycles. The van der Waals surface area contributed by atoms with Crippen molar-refractivity contribution in [1.82, 2.24) is 4.98 Å². The summed E-state index contributed by atoms with van der Waals surface area (Å²) in [6, 6.07) is 8.57. The lowest BCUT2D eigenvalue weighted by Gasteiger charge is -2.24. The number of carbonyl (C=O) groups excluding carboxylic acids is 3. The molecule has 1 atom stereocenters. The van der Waals surface area contributed by atoms with Gasteiger partial charge in [0.2, 0.25) is 0 Å². The molecule has 2 aliphatic rings. The molecule has 2 aromatic carbocycles. The van der Waals surface area contributed by atoms with Crippen molar-refractivity contribution in [3.05, 3.63) is 89.0 Å². The zero-order valence-corrected chi connectivity index (χ0v) is 25.0. The number of aryl methyl sites for hydroxylation is 1. The van der Waals surface area contributed by atoms with E-state index in [0.29, 0.717) is 54.1 Å². The largest absolute Gasteiger partial charge is 0.507 e. The molecule has 0 saturated carbocycles. The number of esters is 1. The van der Waals surface area contributed by atoms with Gasteiger partial charge in [0.05, 0.1) is 23.9 Å². The van der Waals surface area contributed by atoms with Crippen molar-refractivity contribution < 1.29 is 43.2 Å². The molecule has 1 fully saturated rings. The molecule has 0 bridgehead atoms. The Balaban J connectivity index is 1.68. The van der Waals surface area contributed by atoms with Crippen molar-refractivity contribution in [1.29, 1.82) is 0 Å². The molecule has 228 valence electrons. The summed E-state index contributed by atoms with van der Waals surface area (Å²) in [7, 11) is 0. The first-order valence-electron chi connectivity index (χ1n) is 13.8. The Morgan fingerprint density at radius 2 is 1.82 bits per heavy atom. The molecule has 44 heavy (non-hydrogen) atoms. The van der Waals surface area contributed by atoms with Crippen LogP contribution < -0.4 is 23.8 Å². The van der Waals surface area contributed by atoms with Gasteiger partial charge in [-0.2, -0.15) is 0 Å². The van der Waals surface area contributed by atoms with Crippen molar-refractivity contribution in [3.63, 3.8) is 0 Å². The molecule has 2 aliphatic heterocycles. The first-order valence-corrected chi connectivity index (χ1v) is 14.6. The van der Waals surface area contributed by atoms with Gasteiger partial charge < -0.3 is 28.8 Å². The van der Waals surface area contributed by atoms with E-state index < -0.39 is 29.5 Å². The number of nitrogens with zero attached hydrogens (tertiary/aromatic N) is 2. The van der Waals surface area contributed by atoms with E-state index in [1.165, 1.54) is 11.0 Å². The highest BCUT2D eigenvalue weighted by Gasteiger charge is 2.49. The Labute approximate surface area is 257 Å². The molecule has 0 aliphatic carbocycles. The van der Waals surface area contributed by atoms with Crippen molar-refractivity contribution in [2.75, 3.05) is 37.9 Å². The number of aliphatic hydroxyl groups is 1. The van der Waals surface area contributed by atoms with E-state index in [1.54, 1.807) is 49.4 Å². The maximum Gasteiger partial charge on any atom is 0.350 e. The van der Waals surface area contributed by atoms with E-state index in [-0.39, 0.29) is 34.4 Å². The van der Waals surface area contributed by atoms with Crippen LogP contribution >= 0.6 is 11.3 Å². The van der Waals surface area contributed by atoms with E-state index in [9.17, 15) is 19.5 Å². The fraction of sp³-hybridized carbons (Fsp3) is 0.250. The summed E-state index contributed by atoms with van der Waals surface area (Å²) in [6.07, 6.45) is 3.03. The average Bonchev–Trinajstić information content (AvgIpc) is 3.54. The summed E-state index contributed by atoms with van der Waals surface area (Å²) in [4.78, 5) is 45.9. The molecule has 1 amide bonds. The minimum atomic E-state index is -1.14. The standard InChI is InChI=1S/C32H30N2O9S/c1-5-12-40-21-10-8-19(16-23(21)39-7-3)26-25(27(35)20-9-11-22-24(17-20)42-15-14-41-22)28(36)30(37)34(26)32-33-18(4)29(44-32)31(38)43-13-6-2/h5-6,8-11,16-17,26,35H,1-2,7,12-15H2,3-4H3/b27-25+/t26-/m0/s1. The maximum atomic E-state index is 13.7. The number of rotatable bonds is 11. The van der Waals surface area contributed by atoms with Crippen LogP contribution in [0.4, 0.5) is 5.13 Å². The van der Waals surface area contributed by atoms with Crippen LogP contribution in [0.2, 0.25) is 0 Å². The lowest BCUT2D eigenvalue weighted by Crippen LogP contribution is -2.29. The molecule has 5 rings (SSSR count). The Kier molecular flexibility index (Phi) is 9.00. The Bertz CT molecular complexity index is 1680. The summed E-state index contributed by atoms with van der Waals surface area (Å²) < 4.78 is 28.0. The fourth-order valence-corrected chi connectivity index (χ4v) is 5.78. The minimum Gasteiger partial charge on any atom is -0.507 e. The van der Waals surface area contributed by atoms with Gasteiger partial charge in [0.15, 0.2) is 28.1 Å². The molecule has 11 nitrogen and oxygen atoms in total. The van der Waals surface area contributed by atoms with Crippen LogP contribution in [0.1, 0.15) is 39.5 Å². The van der Waals surface area contributed by atoms with Crippen molar-refractivity contribution >= 4 is 39.9 Å². The van der Waals surface area contributed by atoms with Gasteiger partial charge in [-0.25, -0.2) is 9.78 Å². The summed E-state index contributed by atoms with van der Waals surface area (Å²) in [5.41, 5.74) is 0.811. The minimum absolute atomic E-state index is 0.00790. The van der Waals surface area contributed by atoms with E-state index >= 15 is 0 Å². The first kappa shape index (κ1) is 30.4. The lowest BCUT2D eigenvalue weighted by molar-refractivity contribution is -0.132. The predicted octanol–water partition coefficient (Wildman–Crippen LogP) is 5.16. The van der Waals surface area contributed by atoms with Gasteiger partial charge in [-0.05, 0) is 49.7 Å². The van der Waals surface area contributed by atoms with Gasteiger partial charge >= 0.3 is 11.9 Å². The molecule has 3 heterocycles. The molecule has 3 aromatic rings. The Morgan fingerprint density at radius 1 is 1.07 bits per heavy atom. The zero-order chi connectivity index (χ0) is 31.4. The van der Waals surface area contributed by atoms with Crippen molar-refractivity contribution in [3.8, 4) is 23.0 Å². The number of ketones is 1. The third-order valence-electron chi connectivity index (χ3n) is 6.71. The molecular weight excluding hydrogens is 588 g/mol. The average molecular weight is 619 g/mol. The predicted molar refractivity (Wildman–Crippen MR) is 163 cm³/mol. The molecule has 12 heteroatoms. The van der Waals surface area contributed by atoms with Gasteiger partial charge in [0, 0.05) is 5.56 Å². The van der Waals surface area contributed by atoms with Crippen LogP contribution in [0.25, 0.3) is 5.76 Å². The number of aromatic nitrogens is 1. The Morgan fingerprint density at radius 3 is 2.55 bits per heavy atom. The quantitative estimate of drug-likeness (QED) is 0.101. The topological polar surface area (TPSA) is 134 Å². The summed E-state index contributed by atoms with van der Waals surface area (Å²) in [5.74, 6) is -1.25. The molecular formula is C32H30N2O9S. The second-order valence-corrected chi connectivity index (χ2v) is 10.5. The van der Waals surface area contributed by atoms with E-state index in [4.69, 9.17) is 23.7 Å². The number of anilines is 1. The van der Waals surface area contributed by atoms with Crippen LogP contribution in [0.3, 0.4) is 0 Å². The smallest absolute Gasteiger partial charge is 0.350 e. The van der Waals surface area contributed by atoms with E-state index in [2.05, 4.69) is 18.1 Å². The van der Waals surface area contributed by atoms with Crippen molar-refractivity contribution in [2.45, 2.75) is 19.9 Å². The number of benzene rings is 2. The van der Waals surface area contributed by atoms with Crippen LogP contribution in [0, 0.1) is 6.92 Å². The summed E-state index contributed by atoms with van der Waals surface area (Å²) in [5, 5.41) is 11.7. The molecule has 0 radical (unpaired) electrons. The van der Waals surface area contributed by atoms with Gasteiger partial charge in [0.25, 0.3) is 5.78 Å². The first-order chi connectivity index (χ1) is 21.3. The fourth-order valence-electron chi connectivity index (χ4n) is 4.80. The second kappa shape index (κ2) is 13.0. The SMILES string of the molecule is C=CCOC(=O)c1sc(N2C(=O)C(=O)/C(=C(/O)c3ccc4c(c3)OCCO4)[C@@H]2c2ccc(OCC=C)c(OCC)c2)nc1C. The number of fused-ring (bicyclic) bond motifs is 1. The maximum absolute atomic E-state index is 13.7. The number of carbonyl (C=O) groups is 3. The number of ether oxygens (including phenoxy) is 5. The molecule has 1 N–H and O–H groups in total. The van der Waals surface area contributed by atoms with Gasteiger partial charge in [0.1, 0.15) is 37.1 Å². The highest BCUT2D eigenvalue weighted by Crippen LogP contribution is 2.46.